The lowest BCUT2D eigenvalue weighted by Gasteiger charge is -2.39. The summed E-state index contributed by atoms with van der Waals surface area (Å²) in [5, 5.41) is 5.38. The van der Waals surface area contributed by atoms with Crippen LogP contribution in [0.4, 0.5) is 5.69 Å². The van der Waals surface area contributed by atoms with Gasteiger partial charge in [-0.15, -0.1) is 11.3 Å². The van der Waals surface area contributed by atoms with Crippen LogP contribution in [0.5, 0.6) is 0 Å². The third kappa shape index (κ3) is 3.13. The van der Waals surface area contributed by atoms with Crippen molar-refractivity contribution >= 4 is 40.4 Å². The number of likely N-dealkylation sites (N-methyl/N-ethyl adjacent to an activating group) is 1. The highest BCUT2D eigenvalue weighted by atomic mass is 35.5. The minimum absolute atomic E-state index is 0.0780. The fraction of sp³-hybridized carbons (Fsp3) is 0.143. The smallest absolute Gasteiger partial charge is 0.254 e. The first kappa shape index (κ1) is 17.8. The van der Waals surface area contributed by atoms with E-state index in [0.717, 1.165) is 10.4 Å². The summed E-state index contributed by atoms with van der Waals surface area (Å²) >= 11 is 7.76. The zero-order valence-corrected chi connectivity index (χ0v) is 16.1. The number of fused-ring (bicyclic) bond motifs is 1. The number of nitrogens with zero attached hydrogens (tertiary/aromatic N) is 1. The first-order valence-electron chi connectivity index (χ1n) is 8.53. The van der Waals surface area contributed by atoms with Gasteiger partial charge in [0.2, 0.25) is 5.91 Å². The summed E-state index contributed by atoms with van der Waals surface area (Å²) in [7, 11) is 1.75. The molecule has 27 heavy (non-hydrogen) atoms. The Morgan fingerprint density at radius 2 is 1.81 bits per heavy atom. The quantitative estimate of drug-likeness (QED) is 0.680. The largest absolute Gasteiger partial charge is 0.333 e. The second kappa shape index (κ2) is 7.18. The normalized spacial score (nSPS) is 18.9. The second-order valence-electron chi connectivity index (χ2n) is 6.41. The number of para-hydroxylation sites is 1. The first-order chi connectivity index (χ1) is 13.1. The standard InChI is InChI=1S/C21H17ClN2O2S/c1-24-19(17-11-6-12-27-17)18(13-7-2-3-8-14(13)21(24)26)20(25)23-16-10-5-4-9-15(16)22/h2-12,18-19H,1H3,(H,23,25). The summed E-state index contributed by atoms with van der Waals surface area (Å²) in [6.45, 7) is 0. The lowest BCUT2D eigenvalue weighted by molar-refractivity contribution is -0.119. The SMILES string of the molecule is CN1C(=O)c2ccccc2C(C(=O)Nc2ccccc2Cl)C1c1cccs1. The summed E-state index contributed by atoms with van der Waals surface area (Å²) < 4.78 is 0. The van der Waals surface area contributed by atoms with E-state index >= 15 is 0 Å². The van der Waals surface area contributed by atoms with Crippen LogP contribution in [-0.4, -0.2) is 23.8 Å². The number of carbonyl (C=O) groups is 2. The molecule has 1 aromatic heterocycles. The molecular formula is C21H17ClN2O2S. The topological polar surface area (TPSA) is 49.4 Å². The highest BCUT2D eigenvalue weighted by Gasteiger charge is 2.43. The number of hydrogen-bond acceptors (Lipinski definition) is 3. The van der Waals surface area contributed by atoms with Crippen molar-refractivity contribution in [1.82, 2.24) is 4.90 Å². The number of anilines is 1. The molecule has 3 aromatic rings. The van der Waals surface area contributed by atoms with Crippen molar-refractivity contribution in [3.8, 4) is 0 Å². The lowest BCUT2D eigenvalue weighted by Crippen LogP contribution is -2.43. The molecule has 2 unspecified atom stereocenters. The first-order valence-corrected chi connectivity index (χ1v) is 9.78. The van der Waals surface area contributed by atoms with Gasteiger partial charge in [0.25, 0.3) is 5.91 Å². The summed E-state index contributed by atoms with van der Waals surface area (Å²) in [4.78, 5) is 28.8. The highest BCUT2D eigenvalue weighted by Crippen LogP contribution is 2.44. The monoisotopic (exact) mass is 396 g/mol. The number of amides is 2. The molecule has 0 bridgehead atoms. The highest BCUT2D eigenvalue weighted by molar-refractivity contribution is 7.10. The van der Waals surface area contributed by atoms with Crippen LogP contribution >= 0.6 is 22.9 Å². The van der Waals surface area contributed by atoms with Gasteiger partial charge in [-0.1, -0.05) is 48.0 Å². The van der Waals surface area contributed by atoms with Crippen LogP contribution < -0.4 is 5.32 Å². The van der Waals surface area contributed by atoms with Crippen LogP contribution in [0.15, 0.2) is 66.0 Å². The molecule has 2 atom stereocenters. The Kier molecular flexibility index (Phi) is 4.72. The van der Waals surface area contributed by atoms with E-state index in [1.165, 1.54) is 0 Å². The van der Waals surface area contributed by atoms with Gasteiger partial charge in [0.05, 0.1) is 22.7 Å². The van der Waals surface area contributed by atoms with E-state index in [2.05, 4.69) is 5.32 Å². The lowest BCUT2D eigenvalue weighted by atomic mass is 9.81. The fourth-order valence-corrected chi connectivity index (χ4v) is 4.63. The second-order valence-corrected chi connectivity index (χ2v) is 7.80. The van der Waals surface area contributed by atoms with Gasteiger partial charge in [-0.25, -0.2) is 0 Å². The molecule has 4 nitrogen and oxygen atoms in total. The van der Waals surface area contributed by atoms with Crippen LogP contribution in [-0.2, 0) is 4.79 Å². The number of hydrogen-bond donors (Lipinski definition) is 1. The van der Waals surface area contributed by atoms with E-state index < -0.39 is 5.92 Å². The summed E-state index contributed by atoms with van der Waals surface area (Å²) in [6, 6.07) is 18.0. The van der Waals surface area contributed by atoms with Gasteiger partial charge in [-0.3, -0.25) is 9.59 Å². The molecular weight excluding hydrogens is 380 g/mol. The van der Waals surface area contributed by atoms with Crippen LogP contribution in [0.1, 0.15) is 32.8 Å². The minimum Gasteiger partial charge on any atom is -0.333 e. The Labute approximate surface area is 166 Å². The van der Waals surface area contributed by atoms with Crippen LogP contribution in [0.3, 0.4) is 0 Å². The summed E-state index contributed by atoms with van der Waals surface area (Å²) in [5.41, 5.74) is 1.86. The van der Waals surface area contributed by atoms with E-state index in [1.54, 1.807) is 41.5 Å². The molecule has 1 N–H and O–H groups in total. The molecule has 0 saturated heterocycles. The minimum atomic E-state index is -0.529. The third-order valence-corrected chi connectivity index (χ3v) is 6.10. The van der Waals surface area contributed by atoms with E-state index in [0.29, 0.717) is 16.3 Å². The zero-order chi connectivity index (χ0) is 19.0. The molecule has 1 aliphatic rings. The van der Waals surface area contributed by atoms with E-state index in [-0.39, 0.29) is 17.9 Å². The fourth-order valence-electron chi connectivity index (χ4n) is 3.55. The van der Waals surface area contributed by atoms with Crippen molar-refractivity contribution in [3.63, 3.8) is 0 Å². The molecule has 0 saturated carbocycles. The van der Waals surface area contributed by atoms with Gasteiger partial charge in [0.1, 0.15) is 0 Å². The Morgan fingerprint density at radius 1 is 1.07 bits per heavy atom. The van der Waals surface area contributed by atoms with Crippen LogP contribution in [0.2, 0.25) is 5.02 Å². The van der Waals surface area contributed by atoms with Gasteiger partial charge >= 0.3 is 0 Å². The van der Waals surface area contributed by atoms with Gasteiger partial charge in [0.15, 0.2) is 0 Å². The van der Waals surface area contributed by atoms with Crippen LogP contribution in [0, 0.1) is 0 Å². The van der Waals surface area contributed by atoms with Crippen molar-refractivity contribution in [1.29, 1.82) is 0 Å². The number of nitrogens with one attached hydrogen (secondary N) is 1. The van der Waals surface area contributed by atoms with Crippen molar-refractivity contribution in [2.24, 2.45) is 0 Å². The Hall–Kier alpha value is -2.63. The van der Waals surface area contributed by atoms with Gasteiger partial charge in [-0.05, 0) is 35.2 Å². The molecule has 2 heterocycles. The average molecular weight is 397 g/mol. The van der Waals surface area contributed by atoms with Gasteiger partial charge in [0, 0.05) is 17.5 Å². The number of carbonyl (C=O) groups excluding carboxylic acids is 2. The molecule has 4 rings (SSSR count). The van der Waals surface area contributed by atoms with Gasteiger partial charge in [-0.2, -0.15) is 0 Å². The van der Waals surface area contributed by atoms with Crippen molar-refractivity contribution in [3.05, 3.63) is 87.1 Å². The maximum absolute atomic E-state index is 13.3. The zero-order valence-electron chi connectivity index (χ0n) is 14.6. The number of thiophene rings is 1. The third-order valence-electron chi connectivity index (χ3n) is 4.83. The number of halogens is 1. The van der Waals surface area contributed by atoms with Gasteiger partial charge < -0.3 is 10.2 Å². The number of rotatable bonds is 3. The predicted molar refractivity (Wildman–Crippen MR) is 108 cm³/mol. The van der Waals surface area contributed by atoms with Crippen molar-refractivity contribution in [2.75, 3.05) is 12.4 Å². The van der Waals surface area contributed by atoms with E-state index in [9.17, 15) is 9.59 Å². The molecule has 0 radical (unpaired) electrons. The van der Waals surface area contributed by atoms with Crippen molar-refractivity contribution < 1.29 is 9.59 Å². The Morgan fingerprint density at radius 3 is 2.56 bits per heavy atom. The maximum Gasteiger partial charge on any atom is 0.254 e. The number of benzene rings is 2. The van der Waals surface area contributed by atoms with Crippen molar-refractivity contribution in [2.45, 2.75) is 12.0 Å². The molecule has 2 amide bonds. The molecule has 1 aliphatic heterocycles. The molecule has 0 aliphatic carbocycles. The van der Waals surface area contributed by atoms with E-state index in [4.69, 9.17) is 11.6 Å². The summed E-state index contributed by atoms with van der Waals surface area (Å²) in [6.07, 6.45) is 0. The Balaban J connectivity index is 1.81. The molecule has 6 heteroatoms. The summed E-state index contributed by atoms with van der Waals surface area (Å²) in [5.74, 6) is -0.794. The molecule has 0 spiro atoms. The van der Waals surface area contributed by atoms with E-state index in [1.807, 2.05) is 47.8 Å². The molecule has 0 fully saturated rings. The average Bonchev–Trinajstić information content (AvgIpc) is 3.20. The predicted octanol–water partition coefficient (Wildman–Crippen LogP) is 4.95. The molecule has 2 aromatic carbocycles. The van der Waals surface area contributed by atoms with Crippen LogP contribution in [0.25, 0.3) is 0 Å². The molecule has 136 valence electrons. The Bertz CT molecular complexity index is 1000. The maximum atomic E-state index is 13.3.